The Bertz CT molecular complexity index is 657. The number of benzene rings is 1. The fourth-order valence-corrected chi connectivity index (χ4v) is 2.65. The van der Waals surface area contributed by atoms with Crippen molar-refractivity contribution in [2.45, 2.75) is 45.3 Å². The second-order valence-electron chi connectivity index (χ2n) is 6.88. The molecule has 0 saturated carbocycles. The molecule has 1 aliphatic heterocycles. The highest BCUT2D eigenvalue weighted by Crippen LogP contribution is 2.39. The van der Waals surface area contributed by atoms with Crippen molar-refractivity contribution in [3.63, 3.8) is 0 Å². The molecule has 1 fully saturated rings. The molecule has 0 aliphatic carbocycles. The zero-order chi connectivity index (χ0) is 18.1. The van der Waals surface area contributed by atoms with Gasteiger partial charge < -0.3 is 14.4 Å². The topological polar surface area (TPSA) is 55.8 Å². The lowest BCUT2D eigenvalue weighted by Gasteiger charge is -2.32. The number of carboxylic acid groups (broad SMARTS) is 1. The predicted molar refractivity (Wildman–Crippen MR) is 95.7 cm³/mol. The predicted octanol–water partition coefficient (Wildman–Crippen LogP) is 3.40. The zero-order valence-corrected chi connectivity index (χ0v) is 15.2. The van der Waals surface area contributed by atoms with Gasteiger partial charge in [-0.15, -0.1) is 0 Å². The summed E-state index contributed by atoms with van der Waals surface area (Å²) < 4.78 is 25.5. The number of aliphatic carboxylic acids is 1. The molecule has 1 N–H and O–H groups in total. The Kier molecular flexibility index (Phi) is 5.47. The SMILES string of the molecule is CC1(C)OB(C(=Cc2ccc(F)cc2CC(=O)O)CS)OC1(C)C. The first-order valence-corrected chi connectivity index (χ1v) is 8.36. The Balaban J connectivity index is 2.37. The number of hydrogen-bond acceptors (Lipinski definition) is 4. The molecule has 0 amide bonds. The number of rotatable bonds is 5. The smallest absolute Gasteiger partial charge is 0.481 e. The van der Waals surface area contributed by atoms with Gasteiger partial charge in [0, 0.05) is 5.75 Å². The molecule has 0 atom stereocenters. The lowest BCUT2D eigenvalue weighted by Crippen LogP contribution is -2.41. The molecule has 0 unspecified atom stereocenters. The summed E-state index contributed by atoms with van der Waals surface area (Å²) in [5.74, 6) is -1.11. The minimum absolute atomic E-state index is 0.257. The molecule has 24 heavy (non-hydrogen) atoms. The van der Waals surface area contributed by atoms with Gasteiger partial charge in [0.1, 0.15) is 5.82 Å². The number of thiol groups is 1. The summed E-state index contributed by atoms with van der Waals surface area (Å²) in [4.78, 5) is 11.0. The zero-order valence-electron chi connectivity index (χ0n) is 14.3. The largest absolute Gasteiger partial charge is 0.491 e. The van der Waals surface area contributed by atoms with Gasteiger partial charge in [-0.25, -0.2) is 4.39 Å². The second-order valence-corrected chi connectivity index (χ2v) is 7.20. The minimum atomic E-state index is -1.02. The van der Waals surface area contributed by atoms with Crippen LogP contribution in [0.1, 0.15) is 38.8 Å². The normalized spacial score (nSPS) is 19.6. The molecule has 130 valence electrons. The van der Waals surface area contributed by atoms with Crippen molar-refractivity contribution in [3.8, 4) is 0 Å². The van der Waals surface area contributed by atoms with Gasteiger partial charge in [0.05, 0.1) is 17.6 Å². The van der Waals surface area contributed by atoms with E-state index >= 15 is 0 Å². The Labute approximate surface area is 147 Å². The van der Waals surface area contributed by atoms with Crippen LogP contribution in [0.3, 0.4) is 0 Å². The van der Waals surface area contributed by atoms with E-state index in [-0.39, 0.29) is 6.42 Å². The van der Waals surface area contributed by atoms with E-state index in [0.717, 1.165) is 5.47 Å². The first kappa shape index (κ1) is 19.0. The third kappa shape index (κ3) is 4.02. The Hall–Kier alpha value is -1.31. The van der Waals surface area contributed by atoms with Crippen molar-refractivity contribution >= 4 is 31.8 Å². The summed E-state index contributed by atoms with van der Waals surface area (Å²) >= 11 is 4.34. The molecule has 1 aromatic carbocycles. The number of carboxylic acids is 1. The van der Waals surface area contributed by atoms with Crippen molar-refractivity contribution in [2.24, 2.45) is 0 Å². The molecule has 0 bridgehead atoms. The summed E-state index contributed by atoms with van der Waals surface area (Å²) in [7, 11) is -0.574. The first-order valence-electron chi connectivity index (χ1n) is 7.73. The Morgan fingerprint density at radius 1 is 1.29 bits per heavy atom. The molecular formula is C17H22BFO4S. The van der Waals surface area contributed by atoms with E-state index < -0.39 is 30.1 Å². The monoisotopic (exact) mass is 352 g/mol. The van der Waals surface area contributed by atoms with Crippen molar-refractivity contribution in [1.82, 2.24) is 0 Å². The maximum Gasteiger partial charge on any atom is 0.491 e. The third-order valence-electron chi connectivity index (χ3n) is 4.53. The van der Waals surface area contributed by atoms with Gasteiger partial charge in [-0.05, 0) is 56.4 Å². The van der Waals surface area contributed by atoms with E-state index in [4.69, 9.17) is 14.4 Å². The minimum Gasteiger partial charge on any atom is -0.481 e. The standard InChI is InChI=1S/C17H22BFO4S/c1-16(2)17(3,4)23-18(22-16)13(10-24)7-11-5-6-14(19)8-12(11)9-15(20)21/h5-8,24H,9-10H2,1-4H3,(H,20,21). The lowest BCUT2D eigenvalue weighted by atomic mass is 9.78. The third-order valence-corrected chi connectivity index (χ3v) is 4.89. The van der Waals surface area contributed by atoms with Crippen molar-refractivity contribution in [2.75, 3.05) is 5.75 Å². The van der Waals surface area contributed by atoms with Crippen LogP contribution in [0, 0.1) is 5.82 Å². The quantitative estimate of drug-likeness (QED) is 0.630. The molecule has 1 aliphatic rings. The van der Waals surface area contributed by atoms with Crippen LogP contribution in [0.5, 0.6) is 0 Å². The van der Waals surface area contributed by atoms with E-state index in [2.05, 4.69) is 12.6 Å². The first-order chi connectivity index (χ1) is 11.1. The van der Waals surface area contributed by atoms with Crippen LogP contribution in [0.25, 0.3) is 6.08 Å². The summed E-state index contributed by atoms with van der Waals surface area (Å²) in [6.45, 7) is 7.82. The highest BCUT2D eigenvalue weighted by molar-refractivity contribution is 7.80. The molecule has 1 heterocycles. The molecular weight excluding hydrogens is 330 g/mol. The molecule has 4 nitrogen and oxygen atoms in total. The fourth-order valence-electron chi connectivity index (χ4n) is 2.41. The number of hydrogen-bond donors (Lipinski definition) is 2. The molecule has 1 saturated heterocycles. The van der Waals surface area contributed by atoms with E-state index in [9.17, 15) is 9.18 Å². The maximum absolute atomic E-state index is 13.4. The Morgan fingerprint density at radius 3 is 2.38 bits per heavy atom. The van der Waals surface area contributed by atoms with Crippen molar-refractivity contribution in [1.29, 1.82) is 0 Å². The van der Waals surface area contributed by atoms with Crippen molar-refractivity contribution in [3.05, 3.63) is 40.6 Å². The summed E-state index contributed by atoms with van der Waals surface area (Å²) in [6, 6.07) is 4.10. The van der Waals surface area contributed by atoms with Crippen LogP contribution in [0.2, 0.25) is 0 Å². The Morgan fingerprint density at radius 2 is 1.88 bits per heavy atom. The van der Waals surface area contributed by atoms with E-state index in [1.807, 2.05) is 27.7 Å². The lowest BCUT2D eigenvalue weighted by molar-refractivity contribution is -0.136. The van der Waals surface area contributed by atoms with Gasteiger partial charge in [-0.1, -0.05) is 12.1 Å². The molecule has 1 aromatic rings. The van der Waals surface area contributed by atoms with Gasteiger partial charge in [-0.2, -0.15) is 12.6 Å². The van der Waals surface area contributed by atoms with Crippen LogP contribution in [0.4, 0.5) is 4.39 Å². The summed E-state index contributed by atoms with van der Waals surface area (Å²) in [5.41, 5.74) is 0.824. The summed E-state index contributed by atoms with van der Waals surface area (Å²) in [6.07, 6.45) is 1.51. The number of halogens is 1. The van der Waals surface area contributed by atoms with Crippen LogP contribution in [-0.4, -0.2) is 35.1 Å². The molecule has 0 radical (unpaired) electrons. The van der Waals surface area contributed by atoms with E-state index in [0.29, 0.717) is 16.9 Å². The van der Waals surface area contributed by atoms with Crippen LogP contribution < -0.4 is 0 Å². The molecule has 0 aromatic heterocycles. The highest BCUT2D eigenvalue weighted by Gasteiger charge is 2.52. The van der Waals surface area contributed by atoms with Crippen LogP contribution in [-0.2, 0) is 20.5 Å². The van der Waals surface area contributed by atoms with Crippen LogP contribution >= 0.6 is 12.6 Å². The molecule has 0 spiro atoms. The highest BCUT2D eigenvalue weighted by atomic mass is 32.1. The van der Waals surface area contributed by atoms with E-state index in [1.54, 1.807) is 12.1 Å². The molecule has 2 rings (SSSR count). The van der Waals surface area contributed by atoms with Crippen molar-refractivity contribution < 1.29 is 23.6 Å². The van der Waals surface area contributed by atoms with E-state index in [1.165, 1.54) is 12.1 Å². The van der Waals surface area contributed by atoms with Gasteiger partial charge in [0.15, 0.2) is 0 Å². The van der Waals surface area contributed by atoms with Gasteiger partial charge in [-0.3, -0.25) is 4.79 Å². The summed E-state index contributed by atoms with van der Waals surface area (Å²) in [5, 5.41) is 9.01. The van der Waals surface area contributed by atoms with Gasteiger partial charge in [0.2, 0.25) is 0 Å². The second kappa shape index (κ2) is 6.90. The van der Waals surface area contributed by atoms with Gasteiger partial charge >= 0.3 is 13.1 Å². The van der Waals surface area contributed by atoms with Gasteiger partial charge in [0.25, 0.3) is 0 Å². The average Bonchev–Trinajstić information content (AvgIpc) is 2.66. The average molecular weight is 352 g/mol. The maximum atomic E-state index is 13.4. The van der Waals surface area contributed by atoms with Crippen LogP contribution in [0.15, 0.2) is 23.7 Å². The number of carbonyl (C=O) groups is 1. The molecule has 7 heteroatoms. The fraction of sp³-hybridized carbons (Fsp3) is 0.471.